The van der Waals surface area contributed by atoms with E-state index in [2.05, 4.69) is 0 Å². The first-order valence-corrected chi connectivity index (χ1v) is 9.96. The van der Waals surface area contributed by atoms with Crippen LogP contribution in [0.5, 0.6) is 0 Å². The first kappa shape index (κ1) is 14.8. The van der Waals surface area contributed by atoms with Gasteiger partial charge in [-0.1, -0.05) is 6.42 Å². The van der Waals surface area contributed by atoms with E-state index in [0.29, 0.717) is 32.1 Å². The topological polar surface area (TPSA) is 80.7 Å². The molecule has 1 spiro atoms. The Kier molecular flexibility index (Phi) is 2.99. The maximum absolute atomic E-state index is 12.3. The van der Waals surface area contributed by atoms with Crippen LogP contribution in [0.15, 0.2) is 11.1 Å². The second kappa shape index (κ2) is 4.42. The highest BCUT2D eigenvalue weighted by molar-refractivity contribution is 7.86. The summed E-state index contributed by atoms with van der Waals surface area (Å²) in [5, 5.41) is 11.3. The van der Waals surface area contributed by atoms with Gasteiger partial charge in [0.05, 0.1) is 18.0 Å². The third kappa shape index (κ3) is 1.77. The molecule has 2 saturated carbocycles. The van der Waals surface area contributed by atoms with Crippen molar-refractivity contribution in [3.05, 3.63) is 11.1 Å². The van der Waals surface area contributed by atoms with Crippen LogP contribution in [0.4, 0.5) is 0 Å². The number of hydrogen-bond acceptors (Lipinski definition) is 5. The van der Waals surface area contributed by atoms with Crippen LogP contribution in [0.2, 0.25) is 0 Å². The predicted octanol–water partition coefficient (Wildman–Crippen LogP) is 1.71. The second-order valence-electron chi connectivity index (χ2n) is 7.44. The lowest BCUT2D eigenvalue weighted by Gasteiger charge is -2.53. The Balaban J connectivity index is 1.89. The maximum atomic E-state index is 12.3. The normalized spacial score (nSPS) is 44.2. The summed E-state index contributed by atoms with van der Waals surface area (Å²) in [7, 11) is -3.59. The quantitative estimate of drug-likeness (QED) is 0.781. The number of Topliss-reactive ketones (excluding diaryl/α,β-unsaturated/α-hetero) is 1. The lowest BCUT2D eigenvalue weighted by atomic mass is 9.55. The zero-order valence-electron chi connectivity index (χ0n) is 12.8. The van der Waals surface area contributed by atoms with Gasteiger partial charge in [0, 0.05) is 11.8 Å². The highest BCUT2D eigenvalue weighted by Crippen LogP contribution is 2.67. The number of allylic oxidation sites excluding steroid dienone is 1. The van der Waals surface area contributed by atoms with Gasteiger partial charge in [-0.05, 0) is 55.6 Å². The minimum absolute atomic E-state index is 0.187. The van der Waals surface area contributed by atoms with E-state index in [1.54, 1.807) is 0 Å². The molecule has 0 aromatic rings. The van der Waals surface area contributed by atoms with Gasteiger partial charge in [0.15, 0.2) is 5.78 Å². The van der Waals surface area contributed by atoms with Gasteiger partial charge >= 0.3 is 0 Å². The van der Waals surface area contributed by atoms with Crippen LogP contribution in [0.25, 0.3) is 0 Å². The molecule has 0 unspecified atom stereocenters. The summed E-state index contributed by atoms with van der Waals surface area (Å²) in [5.74, 6) is 0.389. The average molecular weight is 326 g/mol. The van der Waals surface area contributed by atoms with Gasteiger partial charge in [0.25, 0.3) is 10.1 Å². The van der Waals surface area contributed by atoms with Crippen molar-refractivity contribution in [1.82, 2.24) is 0 Å². The van der Waals surface area contributed by atoms with E-state index in [0.717, 1.165) is 36.7 Å². The zero-order chi connectivity index (χ0) is 15.8. The summed E-state index contributed by atoms with van der Waals surface area (Å²) < 4.78 is 28.8. The summed E-state index contributed by atoms with van der Waals surface area (Å²) in [4.78, 5) is 12.3. The molecule has 0 amide bonds. The van der Waals surface area contributed by atoms with E-state index >= 15 is 0 Å². The van der Waals surface area contributed by atoms with Gasteiger partial charge in [-0.15, -0.1) is 0 Å². The van der Waals surface area contributed by atoms with Crippen molar-refractivity contribution in [3.63, 3.8) is 0 Å². The van der Waals surface area contributed by atoms with Crippen LogP contribution in [-0.2, 0) is 19.1 Å². The molecule has 0 heterocycles. The fourth-order valence-corrected chi connectivity index (χ4v) is 6.42. The number of hydrogen-bond donors (Lipinski definition) is 1. The fourth-order valence-electron chi connectivity index (χ4n) is 5.74. The van der Waals surface area contributed by atoms with E-state index in [1.807, 2.05) is 0 Å². The van der Waals surface area contributed by atoms with Crippen LogP contribution < -0.4 is 0 Å². The van der Waals surface area contributed by atoms with Gasteiger partial charge in [-0.2, -0.15) is 8.42 Å². The Bertz CT molecular complexity index is 679. The Morgan fingerprint density at radius 3 is 2.73 bits per heavy atom. The molecule has 6 heteroatoms. The largest absolute Gasteiger partial charge is 0.389 e. The molecule has 4 aliphatic rings. The van der Waals surface area contributed by atoms with Crippen molar-refractivity contribution in [1.29, 1.82) is 0 Å². The molecule has 0 radical (unpaired) electrons. The van der Waals surface area contributed by atoms with Crippen molar-refractivity contribution >= 4 is 15.9 Å². The predicted molar refractivity (Wildman–Crippen MR) is 79.6 cm³/mol. The Morgan fingerprint density at radius 1 is 1.23 bits per heavy atom. The Hall–Kier alpha value is -0.720. The molecular weight excluding hydrogens is 304 g/mol. The number of carbonyl (C=O) groups excluding carboxylic acids is 1. The van der Waals surface area contributed by atoms with E-state index < -0.39 is 27.2 Å². The highest BCUT2D eigenvalue weighted by atomic mass is 32.2. The fraction of sp³-hybridized carbons (Fsp3) is 0.812. The van der Waals surface area contributed by atoms with Gasteiger partial charge in [0.2, 0.25) is 0 Å². The van der Waals surface area contributed by atoms with Gasteiger partial charge in [-0.25, -0.2) is 0 Å². The summed E-state index contributed by atoms with van der Waals surface area (Å²) >= 11 is 0. The van der Waals surface area contributed by atoms with Crippen molar-refractivity contribution in [3.8, 4) is 0 Å². The van der Waals surface area contributed by atoms with E-state index in [9.17, 15) is 18.3 Å². The van der Waals surface area contributed by atoms with Gasteiger partial charge in [-0.3, -0.25) is 8.98 Å². The molecule has 1 N–H and O–H groups in total. The summed E-state index contributed by atoms with van der Waals surface area (Å²) in [5.41, 5.74) is 0.366. The number of carbonyl (C=O) groups is 1. The molecule has 0 aliphatic heterocycles. The molecule has 4 aliphatic carbocycles. The molecule has 0 aromatic carbocycles. The number of aliphatic hydroxyl groups is 1. The number of rotatable bonds is 2. The molecular formula is C16H22O5S. The lowest BCUT2D eigenvalue weighted by molar-refractivity contribution is -0.115. The molecule has 0 bridgehead atoms. The van der Waals surface area contributed by atoms with Crippen molar-refractivity contribution < 1.29 is 22.5 Å². The summed E-state index contributed by atoms with van der Waals surface area (Å²) in [6.45, 7) is 0. The van der Waals surface area contributed by atoms with Crippen molar-refractivity contribution in [2.24, 2.45) is 11.3 Å². The van der Waals surface area contributed by atoms with Crippen LogP contribution in [-0.4, -0.2) is 37.3 Å². The first-order chi connectivity index (χ1) is 10.3. The molecule has 22 heavy (non-hydrogen) atoms. The number of ketones is 1. The Morgan fingerprint density at radius 2 is 2.00 bits per heavy atom. The maximum Gasteiger partial charge on any atom is 0.264 e. The third-order valence-electron chi connectivity index (χ3n) is 6.39. The SMILES string of the molecule is CS(=O)(=O)O[C@@H]1CC[C@@]2(O)CCC3=C4[C@@H](CCC[C@]412)CC3=O. The molecule has 122 valence electrons. The van der Waals surface area contributed by atoms with E-state index in [4.69, 9.17) is 4.18 Å². The van der Waals surface area contributed by atoms with Crippen LogP contribution in [0.3, 0.4) is 0 Å². The first-order valence-electron chi connectivity index (χ1n) is 8.14. The Labute approximate surface area is 130 Å². The van der Waals surface area contributed by atoms with Crippen LogP contribution in [0.1, 0.15) is 51.4 Å². The molecule has 4 rings (SSSR count). The van der Waals surface area contributed by atoms with E-state index in [1.165, 1.54) is 0 Å². The van der Waals surface area contributed by atoms with Crippen LogP contribution in [0, 0.1) is 11.3 Å². The summed E-state index contributed by atoms with van der Waals surface area (Å²) in [6.07, 6.45) is 5.98. The summed E-state index contributed by atoms with van der Waals surface area (Å²) in [6, 6.07) is 0. The molecule has 4 atom stereocenters. The smallest absolute Gasteiger partial charge is 0.264 e. The standard InChI is InChI=1S/C16H22O5S/c1-22(19,20)21-13-5-8-15(18)7-4-11-12(17)9-10-3-2-6-16(13,15)14(10)11/h10,13,18H,2-9H2,1H3/t10-,13+,15-,16+/m0/s1. The third-order valence-corrected chi connectivity index (χ3v) is 6.97. The zero-order valence-corrected chi connectivity index (χ0v) is 13.6. The molecule has 0 aromatic heterocycles. The minimum Gasteiger partial charge on any atom is -0.389 e. The molecule has 5 nitrogen and oxygen atoms in total. The highest BCUT2D eigenvalue weighted by Gasteiger charge is 2.67. The van der Waals surface area contributed by atoms with Crippen LogP contribution >= 0.6 is 0 Å². The molecule has 0 saturated heterocycles. The second-order valence-corrected chi connectivity index (χ2v) is 9.04. The van der Waals surface area contributed by atoms with Gasteiger partial charge in [0.1, 0.15) is 0 Å². The van der Waals surface area contributed by atoms with Crippen molar-refractivity contribution in [2.75, 3.05) is 6.26 Å². The van der Waals surface area contributed by atoms with E-state index in [-0.39, 0.29) is 11.7 Å². The molecule has 2 fully saturated rings. The van der Waals surface area contributed by atoms with Crippen molar-refractivity contribution in [2.45, 2.75) is 63.1 Å². The lowest BCUT2D eigenvalue weighted by Crippen LogP contribution is -2.55. The minimum atomic E-state index is -3.59. The van der Waals surface area contributed by atoms with Gasteiger partial charge < -0.3 is 5.11 Å². The monoisotopic (exact) mass is 326 g/mol. The average Bonchev–Trinajstić information content (AvgIpc) is 2.88.